The smallest absolute Gasteiger partial charge is 0.294 e. The normalized spacial score (nSPS) is 14.7. The van der Waals surface area contributed by atoms with Crippen molar-refractivity contribution in [3.63, 3.8) is 0 Å². The summed E-state index contributed by atoms with van der Waals surface area (Å²) in [6, 6.07) is 7.45. The van der Waals surface area contributed by atoms with E-state index >= 15 is 0 Å². The third-order valence-electron chi connectivity index (χ3n) is 6.05. The summed E-state index contributed by atoms with van der Waals surface area (Å²) in [5.41, 5.74) is 1.15. The molecule has 0 radical (unpaired) electrons. The average molecular weight is 456 g/mol. The lowest BCUT2D eigenvalue weighted by atomic mass is 9.93. The highest BCUT2D eigenvalue weighted by Crippen LogP contribution is 2.26. The van der Waals surface area contributed by atoms with Gasteiger partial charge in [0.2, 0.25) is 5.91 Å². The number of piperidine rings is 1. The van der Waals surface area contributed by atoms with Gasteiger partial charge in [-0.2, -0.15) is 0 Å². The number of aromatic nitrogens is 2. The highest BCUT2D eigenvalue weighted by molar-refractivity contribution is 5.77. The fourth-order valence-electron chi connectivity index (χ4n) is 4.25. The minimum atomic E-state index is -0.235. The lowest BCUT2D eigenvalue weighted by molar-refractivity contribution is -0.122. The molecule has 1 aliphatic heterocycles. The lowest BCUT2D eigenvalue weighted by Crippen LogP contribution is -2.42. The molecule has 2 aromatic rings. The van der Waals surface area contributed by atoms with Crippen molar-refractivity contribution in [1.29, 1.82) is 0 Å². The van der Waals surface area contributed by atoms with E-state index in [0.717, 1.165) is 38.0 Å². The summed E-state index contributed by atoms with van der Waals surface area (Å²) in [4.78, 5) is 35.0. The number of hydrogen-bond donors (Lipinski definition) is 1. The average Bonchev–Trinajstić information content (AvgIpc) is 2.79. The Morgan fingerprint density at radius 2 is 2.00 bits per heavy atom. The number of amides is 1. The van der Waals surface area contributed by atoms with E-state index < -0.39 is 0 Å². The molecular formula is C25H37N5O3. The van der Waals surface area contributed by atoms with Gasteiger partial charge >= 0.3 is 0 Å². The van der Waals surface area contributed by atoms with Gasteiger partial charge in [-0.05, 0) is 71.8 Å². The van der Waals surface area contributed by atoms with Gasteiger partial charge in [0.15, 0.2) is 5.82 Å². The second-order valence-electron chi connectivity index (χ2n) is 9.33. The van der Waals surface area contributed by atoms with Crippen molar-refractivity contribution in [1.82, 2.24) is 19.8 Å². The standard InChI is InChI=1S/C25H37N5O3/c1-18(2)27-23(31)17-30-22(20-7-6-8-21(15-20)33-5)16-26-24(25(30)32)29-13-10-19(11-14-29)9-12-28(3)4/h6-8,15-16,18-19H,9-14,17H2,1-5H3,(H,27,31). The van der Waals surface area contributed by atoms with Crippen LogP contribution in [-0.4, -0.2) is 67.2 Å². The van der Waals surface area contributed by atoms with Gasteiger partial charge in [0.25, 0.3) is 5.56 Å². The molecule has 8 heteroatoms. The molecule has 2 heterocycles. The molecule has 0 unspecified atom stereocenters. The molecule has 1 N–H and O–H groups in total. The maximum absolute atomic E-state index is 13.6. The van der Waals surface area contributed by atoms with Gasteiger partial charge in [-0.1, -0.05) is 12.1 Å². The van der Waals surface area contributed by atoms with Crippen molar-refractivity contribution >= 4 is 11.7 Å². The third-order valence-corrected chi connectivity index (χ3v) is 6.05. The zero-order chi connectivity index (χ0) is 24.0. The molecular weight excluding hydrogens is 418 g/mol. The van der Waals surface area contributed by atoms with E-state index in [1.807, 2.05) is 38.1 Å². The molecule has 0 atom stereocenters. The Kier molecular flexibility index (Phi) is 8.49. The number of carbonyl (C=O) groups is 1. The van der Waals surface area contributed by atoms with Gasteiger partial charge in [-0.15, -0.1) is 0 Å². The van der Waals surface area contributed by atoms with Gasteiger partial charge in [0, 0.05) is 24.7 Å². The third kappa shape index (κ3) is 6.57. The maximum Gasteiger partial charge on any atom is 0.294 e. The molecule has 8 nitrogen and oxygen atoms in total. The summed E-state index contributed by atoms with van der Waals surface area (Å²) in [5.74, 6) is 1.57. The number of ether oxygens (including phenoxy) is 1. The number of anilines is 1. The van der Waals surface area contributed by atoms with E-state index in [1.165, 1.54) is 11.0 Å². The SMILES string of the molecule is COc1cccc(-c2cnc(N3CCC(CCN(C)C)CC3)c(=O)n2CC(=O)NC(C)C)c1. The minimum absolute atomic E-state index is 0.00373. The zero-order valence-corrected chi connectivity index (χ0v) is 20.5. The van der Waals surface area contributed by atoms with Crippen LogP contribution in [0.4, 0.5) is 5.82 Å². The van der Waals surface area contributed by atoms with Crippen molar-refractivity contribution in [3.05, 3.63) is 40.8 Å². The molecule has 0 aliphatic carbocycles. The number of carbonyl (C=O) groups excluding carboxylic acids is 1. The summed E-state index contributed by atoms with van der Waals surface area (Å²) in [6.07, 6.45) is 4.95. The van der Waals surface area contributed by atoms with Crippen LogP contribution in [-0.2, 0) is 11.3 Å². The predicted molar refractivity (Wildman–Crippen MR) is 132 cm³/mol. The Morgan fingerprint density at radius 1 is 1.27 bits per heavy atom. The number of methoxy groups -OCH3 is 1. The van der Waals surface area contributed by atoms with Crippen LogP contribution in [0.25, 0.3) is 11.3 Å². The Morgan fingerprint density at radius 3 is 2.64 bits per heavy atom. The molecule has 1 saturated heterocycles. The molecule has 1 aliphatic rings. The fourth-order valence-corrected chi connectivity index (χ4v) is 4.25. The first-order valence-electron chi connectivity index (χ1n) is 11.7. The molecule has 0 spiro atoms. The quantitative estimate of drug-likeness (QED) is 0.626. The Hall–Kier alpha value is -2.87. The van der Waals surface area contributed by atoms with Crippen LogP contribution in [0.2, 0.25) is 0 Å². The van der Waals surface area contributed by atoms with E-state index in [0.29, 0.717) is 23.2 Å². The van der Waals surface area contributed by atoms with Gasteiger partial charge in [-0.3, -0.25) is 14.2 Å². The molecule has 0 saturated carbocycles. The number of nitrogens with zero attached hydrogens (tertiary/aromatic N) is 4. The largest absolute Gasteiger partial charge is 0.497 e. The van der Waals surface area contributed by atoms with Crippen molar-refractivity contribution in [2.45, 2.75) is 45.7 Å². The number of hydrogen-bond acceptors (Lipinski definition) is 6. The zero-order valence-electron chi connectivity index (χ0n) is 20.5. The van der Waals surface area contributed by atoms with E-state index in [2.05, 4.69) is 34.2 Å². The summed E-state index contributed by atoms with van der Waals surface area (Å²) in [6.45, 7) is 6.44. The van der Waals surface area contributed by atoms with E-state index in [-0.39, 0.29) is 24.1 Å². The molecule has 3 rings (SSSR count). The molecule has 33 heavy (non-hydrogen) atoms. The number of nitrogens with one attached hydrogen (secondary N) is 1. The number of rotatable bonds is 9. The Labute approximate surface area is 196 Å². The molecule has 1 amide bonds. The van der Waals surface area contributed by atoms with Crippen LogP contribution in [0.1, 0.15) is 33.1 Å². The van der Waals surface area contributed by atoms with Crippen molar-refractivity contribution in [3.8, 4) is 17.0 Å². The van der Waals surface area contributed by atoms with Gasteiger partial charge in [0.05, 0.1) is 19.0 Å². The molecule has 1 aromatic heterocycles. The fraction of sp³-hybridized carbons (Fsp3) is 0.560. The summed E-state index contributed by atoms with van der Waals surface area (Å²) < 4.78 is 6.88. The topological polar surface area (TPSA) is 79.7 Å². The van der Waals surface area contributed by atoms with E-state index in [4.69, 9.17) is 4.74 Å². The van der Waals surface area contributed by atoms with Crippen LogP contribution >= 0.6 is 0 Å². The van der Waals surface area contributed by atoms with Crippen molar-refractivity contribution in [2.24, 2.45) is 5.92 Å². The van der Waals surface area contributed by atoms with Crippen molar-refractivity contribution < 1.29 is 9.53 Å². The highest BCUT2D eigenvalue weighted by Gasteiger charge is 2.24. The molecule has 180 valence electrons. The Bertz CT molecular complexity index is 994. The van der Waals surface area contributed by atoms with Gasteiger partial charge in [-0.25, -0.2) is 4.98 Å². The first kappa shape index (κ1) is 24.8. The van der Waals surface area contributed by atoms with Crippen LogP contribution in [0.3, 0.4) is 0 Å². The van der Waals surface area contributed by atoms with E-state index in [9.17, 15) is 9.59 Å². The Balaban J connectivity index is 1.89. The monoisotopic (exact) mass is 455 g/mol. The summed E-state index contributed by atoms with van der Waals surface area (Å²) in [7, 11) is 5.80. The van der Waals surface area contributed by atoms with E-state index in [1.54, 1.807) is 13.3 Å². The first-order chi connectivity index (χ1) is 15.8. The maximum atomic E-state index is 13.6. The van der Waals surface area contributed by atoms with Gasteiger partial charge in [0.1, 0.15) is 12.3 Å². The number of benzene rings is 1. The highest BCUT2D eigenvalue weighted by atomic mass is 16.5. The molecule has 0 bridgehead atoms. The molecule has 1 aromatic carbocycles. The van der Waals surface area contributed by atoms with Crippen LogP contribution in [0.5, 0.6) is 5.75 Å². The summed E-state index contributed by atoms with van der Waals surface area (Å²) >= 11 is 0. The van der Waals surface area contributed by atoms with Gasteiger partial charge < -0.3 is 19.9 Å². The second kappa shape index (κ2) is 11.3. The van der Waals surface area contributed by atoms with Crippen molar-refractivity contribution in [2.75, 3.05) is 45.7 Å². The first-order valence-corrected chi connectivity index (χ1v) is 11.7. The minimum Gasteiger partial charge on any atom is -0.497 e. The summed E-state index contributed by atoms with van der Waals surface area (Å²) in [5, 5.41) is 2.89. The van der Waals surface area contributed by atoms with Crippen LogP contribution in [0, 0.1) is 5.92 Å². The lowest BCUT2D eigenvalue weighted by Gasteiger charge is -2.33. The molecule has 1 fully saturated rings. The van der Waals surface area contributed by atoms with Crippen LogP contribution < -0.4 is 20.5 Å². The van der Waals surface area contributed by atoms with Crippen LogP contribution in [0.15, 0.2) is 35.3 Å². The predicted octanol–water partition coefficient (Wildman–Crippen LogP) is 2.61. The second-order valence-corrected chi connectivity index (χ2v) is 9.33.